The van der Waals surface area contributed by atoms with Gasteiger partial charge in [-0.2, -0.15) is 0 Å². The third-order valence-corrected chi connectivity index (χ3v) is 5.62. The van der Waals surface area contributed by atoms with Crippen molar-refractivity contribution in [3.63, 3.8) is 0 Å². The molecule has 4 rings (SSSR count). The number of benzene rings is 1. The van der Waals surface area contributed by atoms with Crippen molar-refractivity contribution in [1.29, 1.82) is 0 Å². The Morgan fingerprint density at radius 1 is 1.13 bits per heavy atom. The van der Waals surface area contributed by atoms with Gasteiger partial charge in [0.2, 0.25) is 0 Å². The Hall–Kier alpha value is -1.55. The molecule has 2 amide bonds. The van der Waals surface area contributed by atoms with Crippen LogP contribution in [0, 0.1) is 11.8 Å². The minimum atomic E-state index is 0.0812. The van der Waals surface area contributed by atoms with Crippen molar-refractivity contribution >= 4 is 6.03 Å². The second-order valence-corrected chi connectivity index (χ2v) is 7.29. The van der Waals surface area contributed by atoms with Gasteiger partial charge in [0.05, 0.1) is 0 Å². The molecule has 3 fully saturated rings. The number of likely N-dealkylation sites (tertiary alicyclic amines) is 1. The summed E-state index contributed by atoms with van der Waals surface area (Å²) in [6.45, 7) is 4.17. The average molecular weight is 314 g/mol. The van der Waals surface area contributed by atoms with E-state index in [-0.39, 0.29) is 6.03 Å². The first-order valence-corrected chi connectivity index (χ1v) is 8.99. The fourth-order valence-electron chi connectivity index (χ4n) is 3.89. The van der Waals surface area contributed by atoms with Crippen molar-refractivity contribution in [3.05, 3.63) is 35.4 Å². The van der Waals surface area contributed by atoms with Gasteiger partial charge in [-0.05, 0) is 54.6 Å². The number of nitrogens with one attached hydrogen (secondary N) is 1. The van der Waals surface area contributed by atoms with E-state index in [0.29, 0.717) is 18.4 Å². The van der Waals surface area contributed by atoms with Crippen molar-refractivity contribution in [2.75, 3.05) is 26.3 Å². The summed E-state index contributed by atoms with van der Waals surface area (Å²) in [6.07, 6.45) is 4.95. The lowest BCUT2D eigenvalue weighted by atomic mass is 9.91. The zero-order valence-electron chi connectivity index (χ0n) is 13.7. The Morgan fingerprint density at radius 3 is 2.65 bits per heavy atom. The van der Waals surface area contributed by atoms with Crippen molar-refractivity contribution in [3.8, 4) is 0 Å². The van der Waals surface area contributed by atoms with Crippen LogP contribution < -0.4 is 5.32 Å². The number of rotatable bonds is 4. The highest BCUT2D eigenvalue weighted by atomic mass is 16.5. The Morgan fingerprint density at radius 2 is 1.96 bits per heavy atom. The molecule has 0 aromatic heterocycles. The Bertz CT molecular complexity index is 547. The minimum absolute atomic E-state index is 0.0812. The zero-order valence-corrected chi connectivity index (χ0v) is 13.7. The molecule has 0 bridgehead atoms. The van der Waals surface area contributed by atoms with Gasteiger partial charge in [-0.3, -0.25) is 0 Å². The number of hydrogen-bond donors (Lipinski definition) is 1. The molecule has 0 radical (unpaired) electrons. The van der Waals surface area contributed by atoms with Gasteiger partial charge in [0.25, 0.3) is 0 Å². The van der Waals surface area contributed by atoms with Crippen LogP contribution in [0.1, 0.15) is 42.7 Å². The van der Waals surface area contributed by atoms with E-state index in [1.807, 2.05) is 4.90 Å². The van der Waals surface area contributed by atoms with Gasteiger partial charge in [-0.1, -0.05) is 24.3 Å². The first-order chi connectivity index (χ1) is 11.3. The van der Waals surface area contributed by atoms with E-state index in [2.05, 4.69) is 29.6 Å². The molecule has 23 heavy (non-hydrogen) atoms. The maximum absolute atomic E-state index is 12.3. The second kappa shape index (κ2) is 6.52. The Labute approximate surface area is 138 Å². The highest BCUT2D eigenvalue weighted by Crippen LogP contribution is 2.39. The van der Waals surface area contributed by atoms with Crippen molar-refractivity contribution in [2.24, 2.45) is 11.8 Å². The van der Waals surface area contributed by atoms with E-state index in [1.165, 1.54) is 24.0 Å². The van der Waals surface area contributed by atoms with E-state index in [4.69, 9.17) is 4.74 Å². The molecule has 1 aromatic rings. The first-order valence-electron chi connectivity index (χ1n) is 8.99. The van der Waals surface area contributed by atoms with Crippen LogP contribution >= 0.6 is 0 Å². The lowest BCUT2D eigenvalue weighted by Gasteiger charge is -2.19. The quantitative estimate of drug-likeness (QED) is 0.927. The van der Waals surface area contributed by atoms with Crippen molar-refractivity contribution in [2.45, 2.75) is 38.1 Å². The van der Waals surface area contributed by atoms with Crippen LogP contribution in [0.2, 0.25) is 0 Å². The molecule has 2 aliphatic heterocycles. The lowest BCUT2D eigenvalue weighted by Crippen LogP contribution is -2.38. The predicted octanol–water partition coefficient (Wildman–Crippen LogP) is 3.13. The summed E-state index contributed by atoms with van der Waals surface area (Å²) in [6, 6.07) is 8.81. The summed E-state index contributed by atoms with van der Waals surface area (Å²) >= 11 is 0. The molecule has 4 nitrogen and oxygen atoms in total. The molecule has 3 aliphatic rings. The van der Waals surface area contributed by atoms with Crippen LogP contribution in [0.25, 0.3) is 0 Å². The van der Waals surface area contributed by atoms with E-state index in [9.17, 15) is 4.79 Å². The highest BCUT2D eigenvalue weighted by Gasteiger charge is 2.33. The molecular formula is C19H26N2O2. The minimum Gasteiger partial charge on any atom is -0.381 e. The smallest absolute Gasteiger partial charge is 0.317 e. The Kier molecular flexibility index (Phi) is 4.25. The molecule has 4 heteroatoms. The number of carbonyl (C=O) groups is 1. The number of nitrogens with zero attached hydrogens (tertiary/aromatic N) is 1. The fourth-order valence-corrected chi connectivity index (χ4v) is 3.89. The zero-order chi connectivity index (χ0) is 15.6. The van der Waals surface area contributed by atoms with E-state index in [0.717, 1.165) is 45.1 Å². The topological polar surface area (TPSA) is 41.6 Å². The van der Waals surface area contributed by atoms with Crippen LogP contribution in [0.3, 0.4) is 0 Å². The summed E-state index contributed by atoms with van der Waals surface area (Å²) in [4.78, 5) is 14.3. The third-order valence-electron chi connectivity index (χ3n) is 5.62. The number of amides is 2. The van der Waals surface area contributed by atoms with Crippen molar-refractivity contribution in [1.82, 2.24) is 10.2 Å². The van der Waals surface area contributed by atoms with Crippen LogP contribution in [-0.2, 0) is 11.3 Å². The largest absolute Gasteiger partial charge is 0.381 e. The molecule has 1 saturated carbocycles. The molecule has 1 N–H and O–H groups in total. The number of hydrogen-bond acceptors (Lipinski definition) is 2. The van der Waals surface area contributed by atoms with E-state index < -0.39 is 0 Å². The SMILES string of the molecule is O=C(NCc1ccc(C2CC2)cc1)N1CC[C@H]([C@H]2CCOC2)C1. The fraction of sp³-hybridized carbons (Fsp3) is 0.632. The number of carbonyl (C=O) groups excluding carboxylic acids is 1. The summed E-state index contributed by atoms with van der Waals surface area (Å²) in [5.74, 6) is 2.07. The monoisotopic (exact) mass is 314 g/mol. The van der Waals surface area contributed by atoms with Gasteiger partial charge in [0.1, 0.15) is 0 Å². The summed E-state index contributed by atoms with van der Waals surface area (Å²) < 4.78 is 5.48. The number of urea groups is 1. The van der Waals surface area contributed by atoms with Gasteiger partial charge in [0, 0.05) is 32.8 Å². The van der Waals surface area contributed by atoms with E-state index in [1.54, 1.807) is 0 Å². The summed E-state index contributed by atoms with van der Waals surface area (Å²) in [5.41, 5.74) is 2.63. The maximum atomic E-state index is 12.3. The van der Waals surface area contributed by atoms with Gasteiger partial charge in [0.15, 0.2) is 0 Å². The standard InChI is InChI=1S/C19H26N2O2/c22-19(21-9-7-17(12-21)18-8-10-23-13-18)20-11-14-1-3-15(4-2-14)16-5-6-16/h1-4,16-18H,5-13H2,(H,20,22)/t17-,18-/m0/s1. The van der Waals surface area contributed by atoms with Crippen molar-refractivity contribution < 1.29 is 9.53 Å². The molecular weight excluding hydrogens is 288 g/mol. The van der Waals surface area contributed by atoms with E-state index >= 15 is 0 Å². The highest BCUT2D eigenvalue weighted by molar-refractivity contribution is 5.74. The second-order valence-electron chi connectivity index (χ2n) is 7.29. The van der Waals surface area contributed by atoms with Gasteiger partial charge in [-0.15, -0.1) is 0 Å². The summed E-state index contributed by atoms with van der Waals surface area (Å²) in [5, 5.41) is 3.07. The molecule has 1 aromatic carbocycles. The number of ether oxygens (including phenoxy) is 1. The van der Waals surface area contributed by atoms with Crippen LogP contribution in [-0.4, -0.2) is 37.2 Å². The summed E-state index contributed by atoms with van der Waals surface area (Å²) in [7, 11) is 0. The van der Waals surface area contributed by atoms with Gasteiger partial charge >= 0.3 is 6.03 Å². The maximum Gasteiger partial charge on any atom is 0.317 e. The average Bonchev–Trinajstić information content (AvgIpc) is 3.08. The van der Waals surface area contributed by atoms with Crippen LogP contribution in [0.5, 0.6) is 0 Å². The molecule has 1 aliphatic carbocycles. The first kappa shape index (κ1) is 15.0. The molecule has 0 spiro atoms. The van der Waals surface area contributed by atoms with Gasteiger partial charge < -0.3 is 15.0 Å². The molecule has 2 heterocycles. The third kappa shape index (κ3) is 3.52. The normalized spacial score (nSPS) is 27.4. The predicted molar refractivity (Wildman–Crippen MR) is 89.3 cm³/mol. The van der Waals surface area contributed by atoms with Crippen LogP contribution in [0.15, 0.2) is 24.3 Å². The lowest BCUT2D eigenvalue weighted by molar-refractivity contribution is 0.170. The molecule has 124 valence electrons. The molecule has 2 saturated heterocycles. The molecule has 2 atom stereocenters. The molecule has 0 unspecified atom stereocenters. The van der Waals surface area contributed by atoms with Crippen LogP contribution in [0.4, 0.5) is 4.79 Å². The Balaban J connectivity index is 1.25. The van der Waals surface area contributed by atoms with Gasteiger partial charge in [-0.25, -0.2) is 4.79 Å².